The van der Waals surface area contributed by atoms with Crippen LogP contribution in [0.25, 0.3) is 11.4 Å². The smallest absolute Gasteiger partial charge is 0.0755 e. The van der Waals surface area contributed by atoms with Gasteiger partial charge in [-0.2, -0.15) is 5.21 Å². The Kier molecular flexibility index (Phi) is 4.66. The SMILES string of the molecule is C1CC[NH2+]CC1.c1ccc(-c2nnn[n-]2)cc1. The fraction of sp³-hybridized carbons (Fsp3) is 0.417. The average molecular weight is 231 g/mol. The van der Waals surface area contributed by atoms with E-state index < -0.39 is 0 Å². The lowest BCUT2D eigenvalue weighted by atomic mass is 10.2. The molecule has 0 saturated carbocycles. The molecule has 0 spiro atoms. The molecule has 0 aliphatic carbocycles. The van der Waals surface area contributed by atoms with E-state index in [9.17, 15) is 0 Å². The van der Waals surface area contributed by atoms with E-state index in [4.69, 9.17) is 0 Å². The third kappa shape index (κ3) is 3.96. The number of tetrazole rings is 1. The zero-order chi connectivity index (χ0) is 11.8. The summed E-state index contributed by atoms with van der Waals surface area (Å²) >= 11 is 0. The maximum Gasteiger partial charge on any atom is 0.0755 e. The molecule has 0 bridgehead atoms. The number of nitrogens with two attached hydrogens (primary N) is 1. The highest BCUT2D eigenvalue weighted by molar-refractivity contribution is 5.52. The number of quaternary nitrogens is 1. The Morgan fingerprint density at radius 2 is 1.76 bits per heavy atom. The lowest BCUT2D eigenvalue weighted by Gasteiger charge is -2.05. The number of piperidine rings is 1. The van der Waals surface area contributed by atoms with Crippen molar-refractivity contribution in [2.45, 2.75) is 19.3 Å². The predicted molar refractivity (Wildman–Crippen MR) is 64.1 cm³/mol. The van der Waals surface area contributed by atoms with Crippen molar-refractivity contribution in [1.82, 2.24) is 20.6 Å². The quantitative estimate of drug-likeness (QED) is 0.762. The molecular formula is C12H17N5. The number of hydrogen-bond donors (Lipinski definition) is 1. The van der Waals surface area contributed by atoms with Gasteiger partial charge in [-0.3, -0.25) is 10.3 Å². The van der Waals surface area contributed by atoms with E-state index in [1.165, 1.54) is 32.4 Å². The topological polar surface area (TPSA) is 69.4 Å². The molecule has 2 aromatic rings. The first-order chi connectivity index (χ1) is 8.47. The first-order valence-electron chi connectivity index (χ1n) is 6.02. The van der Waals surface area contributed by atoms with Crippen molar-refractivity contribution >= 4 is 0 Å². The molecule has 2 heterocycles. The zero-order valence-corrected chi connectivity index (χ0v) is 9.79. The van der Waals surface area contributed by atoms with Crippen LogP contribution in [0.1, 0.15) is 19.3 Å². The van der Waals surface area contributed by atoms with Gasteiger partial charge in [0.25, 0.3) is 0 Å². The molecule has 3 rings (SSSR count). The largest absolute Gasteiger partial charge is 0.346 e. The molecule has 0 unspecified atom stereocenters. The minimum absolute atomic E-state index is 0.575. The Hall–Kier alpha value is -1.75. The first kappa shape index (κ1) is 11.7. The van der Waals surface area contributed by atoms with Gasteiger partial charge >= 0.3 is 0 Å². The number of hydrogen-bond acceptors (Lipinski definition) is 3. The van der Waals surface area contributed by atoms with Gasteiger partial charge in [-0.15, -0.1) is 0 Å². The third-order valence-electron chi connectivity index (χ3n) is 2.67. The molecule has 5 nitrogen and oxygen atoms in total. The van der Waals surface area contributed by atoms with Gasteiger partial charge in [-0.1, -0.05) is 30.3 Å². The van der Waals surface area contributed by atoms with Crippen molar-refractivity contribution in [1.29, 1.82) is 0 Å². The van der Waals surface area contributed by atoms with Gasteiger partial charge in [0.2, 0.25) is 0 Å². The molecule has 1 aromatic heterocycles. The van der Waals surface area contributed by atoms with Crippen LogP contribution in [0.5, 0.6) is 0 Å². The summed E-state index contributed by atoms with van der Waals surface area (Å²) in [5.41, 5.74) is 0.942. The lowest BCUT2D eigenvalue weighted by Crippen LogP contribution is -2.85. The number of aromatic nitrogens is 4. The van der Waals surface area contributed by atoms with E-state index in [0.29, 0.717) is 5.82 Å². The fourth-order valence-corrected chi connectivity index (χ4v) is 1.75. The van der Waals surface area contributed by atoms with Gasteiger partial charge < -0.3 is 10.4 Å². The number of rotatable bonds is 1. The molecule has 1 fully saturated rings. The summed E-state index contributed by atoms with van der Waals surface area (Å²) < 4.78 is 0. The van der Waals surface area contributed by atoms with Gasteiger partial charge in [0.05, 0.1) is 13.1 Å². The Morgan fingerprint density at radius 1 is 1.00 bits per heavy atom. The second-order valence-corrected chi connectivity index (χ2v) is 4.00. The van der Waals surface area contributed by atoms with Crippen LogP contribution in [-0.2, 0) is 0 Å². The molecule has 1 aliphatic heterocycles. The number of nitrogens with zero attached hydrogens (tertiary/aromatic N) is 4. The van der Waals surface area contributed by atoms with Crippen molar-refractivity contribution < 1.29 is 5.32 Å². The molecule has 0 amide bonds. The monoisotopic (exact) mass is 231 g/mol. The van der Waals surface area contributed by atoms with Gasteiger partial charge in [0.1, 0.15) is 0 Å². The Balaban J connectivity index is 0.000000153. The van der Waals surface area contributed by atoms with Crippen molar-refractivity contribution in [3.63, 3.8) is 0 Å². The van der Waals surface area contributed by atoms with Gasteiger partial charge in [0.15, 0.2) is 0 Å². The van der Waals surface area contributed by atoms with E-state index in [0.717, 1.165) is 5.56 Å². The summed E-state index contributed by atoms with van der Waals surface area (Å²) in [5.74, 6) is 0.575. The molecule has 5 heteroatoms. The van der Waals surface area contributed by atoms with Crippen LogP contribution in [0.3, 0.4) is 0 Å². The molecule has 1 aromatic carbocycles. The van der Waals surface area contributed by atoms with Crippen LogP contribution in [0.15, 0.2) is 30.3 Å². The molecule has 17 heavy (non-hydrogen) atoms. The van der Waals surface area contributed by atoms with Crippen LogP contribution in [-0.4, -0.2) is 28.6 Å². The van der Waals surface area contributed by atoms with Crippen LogP contribution >= 0.6 is 0 Å². The number of benzene rings is 1. The van der Waals surface area contributed by atoms with Crippen molar-refractivity contribution in [2.75, 3.05) is 13.1 Å². The Bertz CT molecular complexity index is 383. The minimum Gasteiger partial charge on any atom is -0.346 e. The molecule has 2 N–H and O–H groups in total. The minimum atomic E-state index is 0.575. The van der Waals surface area contributed by atoms with E-state index >= 15 is 0 Å². The average Bonchev–Trinajstić information content (AvgIpc) is 2.96. The fourth-order valence-electron chi connectivity index (χ4n) is 1.75. The second-order valence-electron chi connectivity index (χ2n) is 4.00. The summed E-state index contributed by atoms with van der Waals surface area (Å²) in [5, 5.41) is 16.6. The van der Waals surface area contributed by atoms with Gasteiger partial charge in [0, 0.05) is 5.82 Å². The predicted octanol–water partition coefficient (Wildman–Crippen LogP) is 0.229. The van der Waals surface area contributed by atoms with Crippen LogP contribution in [0.4, 0.5) is 0 Å². The summed E-state index contributed by atoms with van der Waals surface area (Å²) in [6.07, 6.45) is 4.36. The summed E-state index contributed by atoms with van der Waals surface area (Å²) in [7, 11) is 0. The lowest BCUT2D eigenvalue weighted by molar-refractivity contribution is -0.662. The van der Waals surface area contributed by atoms with Crippen molar-refractivity contribution in [2.24, 2.45) is 0 Å². The van der Waals surface area contributed by atoms with Crippen LogP contribution in [0.2, 0.25) is 0 Å². The van der Waals surface area contributed by atoms with Crippen molar-refractivity contribution in [3.8, 4) is 11.4 Å². The highest BCUT2D eigenvalue weighted by atomic mass is 15.5. The zero-order valence-electron chi connectivity index (χ0n) is 9.79. The van der Waals surface area contributed by atoms with E-state index in [-0.39, 0.29) is 0 Å². The van der Waals surface area contributed by atoms with E-state index in [1.807, 2.05) is 30.3 Å². The summed E-state index contributed by atoms with van der Waals surface area (Å²) in [6.45, 7) is 2.75. The highest BCUT2D eigenvalue weighted by Gasteiger charge is 1.97. The van der Waals surface area contributed by atoms with Crippen molar-refractivity contribution in [3.05, 3.63) is 30.3 Å². The molecule has 1 saturated heterocycles. The maximum atomic E-state index is 3.71. The third-order valence-corrected chi connectivity index (χ3v) is 2.67. The van der Waals surface area contributed by atoms with Gasteiger partial charge in [-0.05, 0) is 24.8 Å². The first-order valence-corrected chi connectivity index (χ1v) is 6.02. The normalized spacial score (nSPS) is 14.8. The molecule has 0 atom stereocenters. The Morgan fingerprint density at radius 3 is 2.24 bits per heavy atom. The molecular weight excluding hydrogens is 214 g/mol. The molecule has 90 valence electrons. The summed E-state index contributed by atoms with van der Waals surface area (Å²) in [4.78, 5) is 0. The van der Waals surface area contributed by atoms with Crippen LogP contribution in [0, 0.1) is 0 Å². The summed E-state index contributed by atoms with van der Waals surface area (Å²) in [6, 6.07) is 9.61. The second kappa shape index (κ2) is 6.75. The molecule has 1 aliphatic rings. The van der Waals surface area contributed by atoms with E-state index in [2.05, 4.69) is 25.9 Å². The van der Waals surface area contributed by atoms with Gasteiger partial charge in [-0.25, -0.2) is 0 Å². The highest BCUT2D eigenvalue weighted by Crippen LogP contribution is 2.09. The maximum absolute atomic E-state index is 3.71. The Labute approximate surface area is 101 Å². The standard InChI is InChI=1S/C7H5N4.C5H11N/c1-2-4-6(5-3-1)7-8-10-11-9-7;1-2-4-6-5-3-1/h1-5H;6H,1-5H2/q-1;/p+1. The van der Waals surface area contributed by atoms with Crippen LogP contribution < -0.4 is 10.4 Å². The van der Waals surface area contributed by atoms with E-state index in [1.54, 1.807) is 0 Å². The molecule has 0 radical (unpaired) electrons.